The quantitative estimate of drug-likeness (QED) is 0.736. The molecule has 1 amide bonds. The number of thiazole rings is 1. The van der Waals surface area contributed by atoms with E-state index in [0.717, 1.165) is 26.7 Å². The zero-order valence-electron chi connectivity index (χ0n) is 14.2. The Morgan fingerprint density at radius 2 is 2.00 bits per heavy atom. The molecule has 25 heavy (non-hydrogen) atoms. The average Bonchev–Trinajstić information content (AvgIpc) is 3.01. The van der Waals surface area contributed by atoms with Gasteiger partial charge in [0.2, 0.25) is 0 Å². The highest BCUT2D eigenvalue weighted by atomic mass is 32.1. The predicted molar refractivity (Wildman–Crippen MR) is 98.6 cm³/mol. The first-order valence-electron chi connectivity index (χ1n) is 7.94. The molecule has 0 radical (unpaired) electrons. The van der Waals surface area contributed by atoms with Gasteiger partial charge in [0, 0.05) is 22.8 Å². The highest BCUT2D eigenvalue weighted by Crippen LogP contribution is 2.27. The molecule has 1 N–H and O–H groups in total. The molecule has 3 aromatic rings. The monoisotopic (exact) mass is 353 g/mol. The van der Waals surface area contributed by atoms with Crippen LogP contribution in [-0.2, 0) is 11.3 Å². The summed E-state index contributed by atoms with van der Waals surface area (Å²) in [6.45, 7) is 4.39. The van der Waals surface area contributed by atoms with Crippen molar-refractivity contribution in [2.45, 2.75) is 20.4 Å². The first-order chi connectivity index (χ1) is 12.1. The van der Waals surface area contributed by atoms with Gasteiger partial charge in [0.15, 0.2) is 6.61 Å². The summed E-state index contributed by atoms with van der Waals surface area (Å²) in [6, 6.07) is 11.5. The van der Waals surface area contributed by atoms with Crippen LogP contribution in [0.5, 0.6) is 5.75 Å². The maximum Gasteiger partial charge on any atom is 0.258 e. The molecule has 6 heteroatoms. The van der Waals surface area contributed by atoms with Gasteiger partial charge < -0.3 is 10.1 Å². The van der Waals surface area contributed by atoms with Crippen LogP contribution in [0.2, 0.25) is 0 Å². The van der Waals surface area contributed by atoms with E-state index in [9.17, 15) is 4.79 Å². The molecule has 0 bridgehead atoms. The number of ether oxygens (including phenoxy) is 1. The van der Waals surface area contributed by atoms with Crippen LogP contribution < -0.4 is 10.1 Å². The number of aryl methyl sites for hydroxylation is 2. The highest BCUT2D eigenvalue weighted by molar-refractivity contribution is 7.15. The first-order valence-corrected chi connectivity index (χ1v) is 8.76. The van der Waals surface area contributed by atoms with Crippen molar-refractivity contribution < 1.29 is 9.53 Å². The molecule has 3 rings (SSSR count). The summed E-state index contributed by atoms with van der Waals surface area (Å²) >= 11 is 1.56. The molecule has 0 atom stereocenters. The molecule has 0 aliphatic rings. The lowest BCUT2D eigenvalue weighted by atomic mass is 10.2. The van der Waals surface area contributed by atoms with Crippen molar-refractivity contribution in [1.82, 2.24) is 15.3 Å². The van der Waals surface area contributed by atoms with E-state index in [4.69, 9.17) is 4.74 Å². The van der Waals surface area contributed by atoms with E-state index in [-0.39, 0.29) is 12.5 Å². The lowest BCUT2D eigenvalue weighted by Crippen LogP contribution is -2.28. The number of carbonyl (C=O) groups excluding carboxylic acids is 1. The van der Waals surface area contributed by atoms with Crippen molar-refractivity contribution in [3.8, 4) is 16.3 Å². The zero-order valence-corrected chi connectivity index (χ0v) is 15.0. The summed E-state index contributed by atoms with van der Waals surface area (Å²) < 4.78 is 5.48. The van der Waals surface area contributed by atoms with E-state index >= 15 is 0 Å². The zero-order chi connectivity index (χ0) is 17.6. The molecule has 0 spiro atoms. The van der Waals surface area contributed by atoms with E-state index in [1.165, 1.54) is 0 Å². The number of carbonyl (C=O) groups is 1. The van der Waals surface area contributed by atoms with Crippen molar-refractivity contribution in [3.05, 3.63) is 64.9 Å². The van der Waals surface area contributed by atoms with Crippen LogP contribution in [0.25, 0.3) is 10.6 Å². The molecule has 1 aromatic carbocycles. The molecular formula is C19H19N3O2S. The summed E-state index contributed by atoms with van der Waals surface area (Å²) in [4.78, 5) is 21.7. The second kappa shape index (κ2) is 7.90. The van der Waals surface area contributed by atoms with Crippen molar-refractivity contribution in [1.29, 1.82) is 0 Å². The number of hydrogen-bond acceptors (Lipinski definition) is 5. The molecule has 0 unspecified atom stereocenters. The van der Waals surface area contributed by atoms with Gasteiger partial charge in [-0.1, -0.05) is 17.7 Å². The second-order valence-electron chi connectivity index (χ2n) is 5.65. The van der Waals surface area contributed by atoms with Gasteiger partial charge in [0.05, 0.1) is 12.2 Å². The van der Waals surface area contributed by atoms with Gasteiger partial charge in [-0.15, -0.1) is 11.3 Å². The third kappa shape index (κ3) is 4.64. The normalized spacial score (nSPS) is 10.5. The molecule has 5 nitrogen and oxygen atoms in total. The van der Waals surface area contributed by atoms with Gasteiger partial charge in [-0.2, -0.15) is 0 Å². The Kier molecular flexibility index (Phi) is 5.40. The largest absolute Gasteiger partial charge is 0.484 e. The maximum atomic E-state index is 12.0. The molecule has 2 heterocycles. The molecule has 0 aliphatic carbocycles. The minimum atomic E-state index is -0.156. The van der Waals surface area contributed by atoms with Crippen LogP contribution in [0, 0.1) is 13.8 Å². The molecule has 0 aliphatic heterocycles. The summed E-state index contributed by atoms with van der Waals surface area (Å²) in [6.07, 6.45) is 3.52. The highest BCUT2D eigenvalue weighted by Gasteiger charge is 2.11. The molecular weight excluding hydrogens is 334 g/mol. The number of aromatic nitrogens is 2. The van der Waals surface area contributed by atoms with E-state index in [0.29, 0.717) is 12.3 Å². The number of nitrogens with one attached hydrogen (secondary N) is 1. The van der Waals surface area contributed by atoms with E-state index < -0.39 is 0 Å². The van der Waals surface area contributed by atoms with Gasteiger partial charge in [0.1, 0.15) is 10.8 Å². The lowest BCUT2D eigenvalue weighted by molar-refractivity contribution is -0.123. The summed E-state index contributed by atoms with van der Waals surface area (Å²) in [7, 11) is 0. The van der Waals surface area contributed by atoms with Crippen molar-refractivity contribution in [2.75, 3.05) is 6.61 Å². The smallest absolute Gasteiger partial charge is 0.258 e. The Hall–Kier alpha value is -2.73. The minimum Gasteiger partial charge on any atom is -0.484 e. The summed E-state index contributed by atoms with van der Waals surface area (Å²) in [5.41, 5.74) is 3.06. The molecule has 128 valence electrons. The lowest BCUT2D eigenvalue weighted by Gasteiger charge is -2.07. The van der Waals surface area contributed by atoms with E-state index in [1.807, 2.05) is 50.2 Å². The summed E-state index contributed by atoms with van der Waals surface area (Å²) in [5, 5.41) is 3.79. The predicted octanol–water partition coefficient (Wildman–Crippen LogP) is 3.52. The Bertz CT molecular complexity index is 845. The number of nitrogens with zero attached hydrogens (tertiary/aromatic N) is 2. The minimum absolute atomic E-state index is 0.00360. The molecule has 0 fully saturated rings. The number of hydrogen-bond donors (Lipinski definition) is 1. The Morgan fingerprint density at radius 3 is 2.72 bits per heavy atom. The van der Waals surface area contributed by atoms with Crippen molar-refractivity contribution in [3.63, 3.8) is 0 Å². The fraction of sp³-hybridized carbons (Fsp3) is 0.211. The van der Waals surface area contributed by atoms with E-state index in [1.54, 1.807) is 23.7 Å². The second-order valence-corrected chi connectivity index (χ2v) is 6.73. The van der Waals surface area contributed by atoms with Crippen molar-refractivity contribution >= 4 is 17.2 Å². The summed E-state index contributed by atoms with van der Waals surface area (Å²) in [5.74, 6) is 0.532. The van der Waals surface area contributed by atoms with Crippen molar-refractivity contribution in [2.24, 2.45) is 0 Å². The number of pyridine rings is 1. The number of rotatable bonds is 6. The Labute approximate surface area is 150 Å². The first kappa shape index (κ1) is 17.1. The van der Waals surface area contributed by atoms with Crippen LogP contribution in [0.3, 0.4) is 0 Å². The Morgan fingerprint density at radius 1 is 1.20 bits per heavy atom. The fourth-order valence-electron chi connectivity index (χ4n) is 2.22. The maximum absolute atomic E-state index is 12.0. The van der Waals surface area contributed by atoms with Crippen LogP contribution >= 0.6 is 11.3 Å². The topological polar surface area (TPSA) is 64.1 Å². The van der Waals surface area contributed by atoms with Gasteiger partial charge in [0.25, 0.3) is 5.91 Å². The third-order valence-electron chi connectivity index (χ3n) is 3.64. The fourth-order valence-corrected chi connectivity index (χ4v) is 3.21. The van der Waals surface area contributed by atoms with Gasteiger partial charge in [-0.3, -0.25) is 9.78 Å². The molecule has 2 aromatic heterocycles. The number of benzene rings is 1. The van der Waals surface area contributed by atoms with Crippen LogP contribution in [0.1, 0.15) is 16.1 Å². The SMILES string of the molecule is Cc1ccc(OCC(=O)NCc2sc(-c3cccnc3)nc2C)cc1. The van der Waals surface area contributed by atoms with Gasteiger partial charge >= 0.3 is 0 Å². The third-order valence-corrected chi connectivity index (χ3v) is 4.84. The van der Waals surface area contributed by atoms with Crippen LogP contribution in [0.15, 0.2) is 48.8 Å². The van der Waals surface area contributed by atoms with Crippen LogP contribution in [0.4, 0.5) is 0 Å². The standard InChI is InChI=1S/C19H19N3O2S/c1-13-5-7-16(8-6-13)24-12-18(23)21-11-17-14(2)22-19(25-17)15-4-3-9-20-10-15/h3-10H,11-12H2,1-2H3,(H,21,23). The van der Waals surface area contributed by atoms with E-state index in [2.05, 4.69) is 15.3 Å². The molecule has 0 saturated heterocycles. The van der Waals surface area contributed by atoms with Gasteiger partial charge in [-0.05, 0) is 38.1 Å². The van der Waals surface area contributed by atoms with Gasteiger partial charge in [-0.25, -0.2) is 4.98 Å². The Balaban J connectivity index is 1.53. The van der Waals surface area contributed by atoms with Crippen LogP contribution in [-0.4, -0.2) is 22.5 Å². The molecule has 0 saturated carbocycles. The average molecular weight is 353 g/mol. The number of amides is 1.